The van der Waals surface area contributed by atoms with Crippen molar-refractivity contribution < 1.29 is 15.0 Å². The molecule has 28 heavy (non-hydrogen) atoms. The number of likely N-dealkylation sites (tertiary alicyclic amines) is 1. The molecule has 1 saturated carbocycles. The zero-order valence-electron chi connectivity index (χ0n) is 15.8. The summed E-state index contributed by atoms with van der Waals surface area (Å²) in [6.45, 7) is 0.284. The third-order valence-electron chi connectivity index (χ3n) is 6.43. The van der Waals surface area contributed by atoms with E-state index in [1.807, 2.05) is 30.3 Å². The molecule has 1 amide bonds. The Labute approximate surface area is 161 Å². The lowest BCUT2D eigenvalue weighted by Gasteiger charge is -2.18. The third-order valence-corrected chi connectivity index (χ3v) is 6.43. The predicted molar refractivity (Wildman–Crippen MR) is 101 cm³/mol. The van der Waals surface area contributed by atoms with E-state index in [9.17, 15) is 24.6 Å². The van der Waals surface area contributed by atoms with Crippen molar-refractivity contribution >= 4 is 5.91 Å². The Morgan fingerprint density at radius 3 is 2.50 bits per heavy atom. The number of aromatic nitrogens is 2. The average molecular weight is 385 g/mol. The van der Waals surface area contributed by atoms with Crippen molar-refractivity contribution in [1.29, 1.82) is 0 Å². The largest absolute Gasteiger partial charge is 0.396 e. The first-order valence-corrected chi connectivity index (χ1v) is 9.23. The molecular formula is C20H23N3O5. The maximum Gasteiger partial charge on any atom is 0.331 e. The van der Waals surface area contributed by atoms with Crippen LogP contribution in [0.4, 0.5) is 0 Å². The molecule has 0 unspecified atom stereocenters. The van der Waals surface area contributed by atoms with E-state index < -0.39 is 28.7 Å². The monoisotopic (exact) mass is 385 g/mol. The number of rotatable bonds is 3. The Balaban J connectivity index is 1.66. The number of aliphatic hydroxyl groups is 2. The highest BCUT2D eigenvalue weighted by Crippen LogP contribution is 2.68. The van der Waals surface area contributed by atoms with Crippen molar-refractivity contribution in [3.8, 4) is 0 Å². The molecule has 1 saturated heterocycles. The van der Waals surface area contributed by atoms with Crippen LogP contribution in [0.15, 0.2) is 46.0 Å². The summed E-state index contributed by atoms with van der Waals surface area (Å²) in [7, 11) is 2.80. The fraction of sp³-hybridized carbons (Fsp3) is 0.450. The predicted octanol–water partition coefficient (Wildman–Crippen LogP) is -0.707. The maximum absolute atomic E-state index is 13.0. The molecule has 8 nitrogen and oxygen atoms in total. The van der Waals surface area contributed by atoms with E-state index in [1.54, 1.807) is 0 Å². The summed E-state index contributed by atoms with van der Waals surface area (Å²) >= 11 is 0. The minimum atomic E-state index is -0.789. The quantitative estimate of drug-likeness (QED) is 0.727. The highest BCUT2D eigenvalue weighted by Gasteiger charge is 2.71. The van der Waals surface area contributed by atoms with Gasteiger partial charge in [0.15, 0.2) is 0 Å². The first-order valence-electron chi connectivity index (χ1n) is 9.23. The summed E-state index contributed by atoms with van der Waals surface area (Å²) in [5.74, 6) is -0.655. The number of benzene rings is 1. The van der Waals surface area contributed by atoms with Gasteiger partial charge in [-0.15, -0.1) is 0 Å². The van der Waals surface area contributed by atoms with Gasteiger partial charge in [0.2, 0.25) is 0 Å². The summed E-state index contributed by atoms with van der Waals surface area (Å²) in [4.78, 5) is 38.6. The number of nitrogens with zero attached hydrogens (tertiary/aromatic N) is 3. The molecule has 2 heterocycles. The first-order chi connectivity index (χ1) is 13.3. The summed E-state index contributed by atoms with van der Waals surface area (Å²) in [5.41, 5.74) is -0.717. The number of carbonyl (C=O) groups excluding carboxylic acids is 1. The normalized spacial score (nSPS) is 28.7. The zero-order valence-corrected chi connectivity index (χ0v) is 15.8. The molecular weight excluding hydrogens is 362 g/mol. The topological polar surface area (TPSA) is 105 Å². The van der Waals surface area contributed by atoms with E-state index in [4.69, 9.17) is 0 Å². The van der Waals surface area contributed by atoms with Gasteiger partial charge in [0.25, 0.3) is 11.5 Å². The summed E-state index contributed by atoms with van der Waals surface area (Å²) in [6, 6.07) is 10.8. The molecule has 2 fully saturated rings. The molecule has 4 rings (SSSR count). The maximum atomic E-state index is 13.0. The summed E-state index contributed by atoms with van der Waals surface area (Å²) in [5, 5.41) is 20.7. The molecule has 8 heteroatoms. The van der Waals surface area contributed by atoms with E-state index in [0.29, 0.717) is 0 Å². The second-order valence-electron chi connectivity index (χ2n) is 7.76. The van der Waals surface area contributed by atoms with Crippen molar-refractivity contribution in [2.45, 2.75) is 12.0 Å². The van der Waals surface area contributed by atoms with Crippen LogP contribution in [0.1, 0.15) is 22.0 Å². The molecule has 4 atom stereocenters. The Morgan fingerprint density at radius 1 is 1.18 bits per heavy atom. The summed E-state index contributed by atoms with van der Waals surface area (Å²) < 4.78 is 2.08. The molecule has 0 bridgehead atoms. The van der Waals surface area contributed by atoms with Crippen molar-refractivity contribution in [3.63, 3.8) is 0 Å². The number of carbonyl (C=O) groups is 1. The number of amides is 1. The van der Waals surface area contributed by atoms with Crippen LogP contribution < -0.4 is 11.2 Å². The van der Waals surface area contributed by atoms with E-state index in [2.05, 4.69) is 0 Å². The second kappa shape index (κ2) is 6.42. The van der Waals surface area contributed by atoms with E-state index >= 15 is 0 Å². The van der Waals surface area contributed by atoms with Crippen molar-refractivity contribution in [2.75, 3.05) is 19.7 Å². The van der Waals surface area contributed by atoms with Gasteiger partial charge in [-0.05, 0) is 17.4 Å². The zero-order chi connectivity index (χ0) is 20.2. The third kappa shape index (κ3) is 2.48. The lowest BCUT2D eigenvalue weighted by atomic mass is 9.95. The second-order valence-corrected chi connectivity index (χ2v) is 7.76. The molecule has 1 spiro atoms. The number of β-amino-alcohol motifs (C(OH)–C–C–N with tert-alkyl or cyclic N) is 1. The molecule has 1 aliphatic carbocycles. The van der Waals surface area contributed by atoms with E-state index in [1.165, 1.54) is 19.0 Å². The van der Waals surface area contributed by atoms with Gasteiger partial charge in [-0.2, -0.15) is 0 Å². The highest BCUT2D eigenvalue weighted by atomic mass is 16.3. The fourth-order valence-electron chi connectivity index (χ4n) is 4.82. The smallest absolute Gasteiger partial charge is 0.331 e. The minimum absolute atomic E-state index is 0.00481. The molecule has 2 aliphatic rings. The minimum Gasteiger partial charge on any atom is -0.396 e. The first kappa shape index (κ1) is 18.6. The lowest BCUT2D eigenvalue weighted by molar-refractivity contribution is 0.0752. The van der Waals surface area contributed by atoms with Gasteiger partial charge in [-0.25, -0.2) is 4.79 Å². The van der Waals surface area contributed by atoms with Gasteiger partial charge in [0.05, 0.1) is 6.10 Å². The number of aliphatic hydroxyl groups excluding tert-OH is 2. The Morgan fingerprint density at radius 2 is 1.86 bits per heavy atom. The van der Waals surface area contributed by atoms with E-state index in [0.717, 1.165) is 20.8 Å². The van der Waals surface area contributed by atoms with Gasteiger partial charge < -0.3 is 15.1 Å². The van der Waals surface area contributed by atoms with Crippen molar-refractivity contribution in [3.05, 3.63) is 68.5 Å². The summed E-state index contributed by atoms with van der Waals surface area (Å²) in [6.07, 6.45) is -0.789. The molecule has 148 valence electrons. The molecule has 2 N–H and O–H groups in total. The van der Waals surface area contributed by atoms with Gasteiger partial charge in [-0.1, -0.05) is 30.3 Å². The molecule has 1 aliphatic heterocycles. The van der Waals surface area contributed by atoms with Crippen molar-refractivity contribution in [1.82, 2.24) is 14.0 Å². The average Bonchev–Trinajstić information content (AvgIpc) is 3.24. The van der Waals surface area contributed by atoms with Crippen LogP contribution in [0, 0.1) is 11.3 Å². The van der Waals surface area contributed by atoms with Gasteiger partial charge in [0, 0.05) is 45.3 Å². The number of hydrogen-bond donors (Lipinski definition) is 2. The van der Waals surface area contributed by atoms with Crippen LogP contribution in [0.3, 0.4) is 0 Å². The highest BCUT2D eigenvalue weighted by molar-refractivity contribution is 5.93. The molecule has 1 aromatic carbocycles. The molecule has 2 aromatic rings. The van der Waals surface area contributed by atoms with Crippen LogP contribution in [-0.2, 0) is 14.1 Å². The van der Waals surface area contributed by atoms with Crippen LogP contribution in [0.2, 0.25) is 0 Å². The van der Waals surface area contributed by atoms with E-state index in [-0.39, 0.29) is 37.2 Å². The van der Waals surface area contributed by atoms with Crippen LogP contribution in [-0.4, -0.2) is 56.0 Å². The standard InChI is InChI=1S/C20H23N3O5/c1-21-14(8-16(26)22(2)19(21)28)18(27)23-9-15(25)20(11-23)13(10-24)17(20)12-6-4-3-5-7-12/h3-8,13,15,17,24-25H,9-11H2,1-2H3/t13-,15+,17-,20-/m1/s1. The Hall–Kier alpha value is -2.71. The number of hydrogen-bond acceptors (Lipinski definition) is 5. The van der Waals surface area contributed by atoms with Crippen LogP contribution in [0.5, 0.6) is 0 Å². The molecule has 0 radical (unpaired) electrons. The van der Waals surface area contributed by atoms with Gasteiger partial charge in [0.1, 0.15) is 5.69 Å². The van der Waals surface area contributed by atoms with Crippen LogP contribution in [0.25, 0.3) is 0 Å². The lowest BCUT2D eigenvalue weighted by Crippen LogP contribution is -2.42. The SMILES string of the molecule is Cn1c(C(=O)N2C[C@H](O)[C@@]3(C2)[C@H](CO)[C@H]3c2ccccc2)cc(=O)n(C)c1=O. The van der Waals surface area contributed by atoms with Gasteiger partial charge >= 0.3 is 5.69 Å². The molecule has 1 aromatic heterocycles. The van der Waals surface area contributed by atoms with Crippen LogP contribution >= 0.6 is 0 Å². The Kier molecular flexibility index (Phi) is 4.28. The Bertz CT molecular complexity index is 1040. The fourth-order valence-corrected chi connectivity index (χ4v) is 4.82. The van der Waals surface area contributed by atoms with Crippen molar-refractivity contribution in [2.24, 2.45) is 25.4 Å². The van der Waals surface area contributed by atoms with Gasteiger partial charge in [-0.3, -0.25) is 18.7 Å².